The number of methoxy groups -OCH3 is 1. The second-order valence-electron chi connectivity index (χ2n) is 11.5. The van der Waals surface area contributed by atoms with Crippen LogP contribution in [0.25, 0.3) is 16.5 Å². The van der Waals surface area contributed by atoms with Crippen molar-refractivity contribution in [1.29, 1.82) is 0 Å². The Morgan fingerprint density at radius 2 is 1.89 bits per heavy atom. The zero-order chi connectivity index (χ0) is 25.4. The van der Waals surface area contributed by atoms with Gasteiger partial charge in [0, 0.05) is 23.1 Å². The fourth-order valence-corrected chi connectivity index (χ4v) is 6.48. The second kappa shape index (κ2) is 10.4. The van der Waals surface area contributed by atoms with Crippen molar-refractivity contribution in [3.63, 3.8) is 0 Å². The molecule has 0 spiro atoms. The maximum atomic E-state index is 5.81. The highest BCUT2D eigenvalue weighted by molar-refractivity contribution is 6.10. The summed E-state index contributed by atoms with van der Waals surface area (Å²) in [6, 6.07) is 4.82. The standard InChI is InChI=1S/C31H42N4O/c1-19(2)17-35-14-12-22(13-15-35)24-10-11-25-29(21(24)5)28(20(3)4)30(34-25)23-8-7-9-26-31(33-18-32-26)27(16-23)36-6/h8,10-11,16,18-20,22,26,34H,7,9,12-15,17H2,1-6H3/b23-8+,27-16+. The van der Waals surface area contributed by atoms with Crippen molar-refractivity contribution in [2.24, 2.45) is 15.9 Å². The van der Waals surface area contributed by atoms with E-state index in [0.717, 1.165) is 30.2 Å². The summed E-state index contributed by atoms with van der Waals surface area (Å²) in [6.07, 6.45) is 10.6. The van der Waals surface area contributed by atoms with Gasteiger partial charge in [-0.15, -0.1) is 0 Å². The fraction of sp³-hybridized carbons (Fsp3) is 0.548. The van der Waals surface area contributed by atoms with E-state index >= 15 is 0 Å². The van der Waals surface area contributed by atoms with Gasteiger partial charge in [-0.25, -0.2) is 4.99 Å². The third-order valence-corrected chi connectivity index (χ3v) is 8.14. The third-order valence-electron chi connectivity index (χ3n) is 8.14. The molecule has 3 aliphatic rings. The summed E-state index contributed by atoms with van der Waals surface area (Å²) in [5, 5.41) is 1.41. The average molecular weight is 487 g/mol. The lowest BCUT2D eigenvalue weighted by molar-refractivity contribution is 0.192. The average Bonchev–Trinajstić information content (AvgIpc) is 3.45. The molecule has 1 fully saturated rings. The highest BCUT2D eigenvalue weighted by Gasteiger charge is 2.28. The predicted octanol–water partition coefficient (Wildman–Crippen LogP) is 6.99. The largest absolute Gasteiger partial charge is 0.495 e. The minimum atomic E-state index is 0.109. The van der Waals surface area contributed by atoms with Crippen LogP contribution in [0.1, 0.15) is 87.6 Å². The number of fused-ring (bicyclic) bond motifs is 2. The van der Waals surface area contributed by atoms with Gasteiger partial charge in [-0.3, -0.25) is 4.99 Å². The number of likely N-dealkylation sites (tertiary alicyclic amines) is 1. The lowest BCUT2D eigenvalue weighted by Gasteiger charge is -2.34. The number of aromatic amines is 1. The van der Waals surface area contributed by atoms with Crippen molar-refractivity contribution in [2.45, 2.75) is 78.2 Å². The Labute approximate surface area is 216 Å². The summed E-state index contributed by atoms with van der Waals surface area (Å²) in [5.74, 6) is 2.61. The molecule has 0 saturated carbocycles. The van der Waals surface area contributed by atoms with Gasteiger partial charge in [-0.2, -0.15) is 0 Å². The van der Waals surface area contributed by atoms with E-state index in [1.165, 1.54) is 65.8 Å². The number of piperidine rings is 1. The number of aryl methyl sites for hydroxylation is 1. The number of hydrogen-bond acceptors (Lipinski definition) is 4. The molecular formula is C31H42N4O. The lowest BCUT2D eigenvalue weighted by Crippen LogP contribution is -2.35. The van der Waals surface area contributed by atoms with Gasteiger partial charge < -0.3 is 14.6 Å². The Morgan fingerprint density at radius 3 is 2.58 bits per heavy atom. The Balaban J connectivity index is 1.53. The minimum Gasteiger partial charge on any atom is -0.495 e. The Hall–Kier alpha value is -2.66. The van der Waals surface area contributed by atoms with Gasteiger partial charge in [-0.1, -0.05) is 39.8 Å². The van der Waals surface area contributed by atoms with Crippen LogP contribution in [0, 0.1) is 12.8 Å². The van der Waals surface area contributed by atoms with Crippen molar-refractivity contribution in [2.75, 3.05) is 26.7 Å². The van der Waals surface area contributed by atoms with E-state index in [-0.39, 0.29) is 6.04 Å². The molecule has 0 amide bonds. The van der Waals surface area contributed by atoms with Crippen LogP contribution in [-0.2, 0) is 4.74 Å². The zero-order valence-electron chi connectivity index (χ0n) is 22.9. The monoisotopic (exact) mass is 486 g/mol. The molecule has 2 aromatic rings. The van der Waals surface area contributed by atoms with Gasteiger partial charge in [0.1, 0.15) is 17.8 Å². The number of H-pyrrole nitrogens is 1. The van der Waals surface area contributed by atoms with E-state index < -0.39 is 0 Å². The SMILES string of the molecule is CO/C1=C/C(c2[nH]c3ccc(C4CCN(CC(C)C)CC4)c(C)c3c2C(C)C)=C\CCC2N=CN=C12. The topological polar surface area (TPSA) is 53.0 Å². The third kappa shape index (κ3) is 4.70. The summed E-state index contributed by atoms with van der Waals surface area (Å²) in [7, 11) is 1.74. The first kappa shape index (κ1) is 25.0. The molecular weight excluding hydrogens is 444 g/mol. The van der Waals surface area contributed by atoms with E-state index in [1.54, 1.807) is 19.0 Å². The normalized spacial score (nSPS) is 24.3. The Morgan fingerprint density at radius 1 is 1.11 bits per heavy atom. The van der Waals surface area contributed by atoms with E-state index in [2.05, 4.69) is 78.8 Å². The van der Waals surface area contributed by atoms with E-state index in [0.29, 0.717) is 11.8 Å². The summed E-state index contributed by atoms with van der Waals surface area (Å²) >= 11 is 0. The number of nitrogens with zero attached hydrogens (tertiary/aromatic N) is 3. The van der Waals surface area contributed by atoms with E-state index in [1.807, 2.05) is 0 Å². The number of aliphatic imine (C=N–C) groups is 2. The van der Waals surface area contributed by atoms with Crippen LogP contribution in [0.5, 0.6) is 0 Å². The molecule has 5 rings (SSSR count). The van der Waals surface area contributed by atoms with Crippen molar-refractivity contribution in [3.05, 3.63) is 52.4 Å². The highest BCUT2D eigenvalue weighted by atomic mass is 16.5. The maximum absolute atomic E-state index is 5.81. The number of aromatic nitrogens is 1. The molecule has 1 unspecified atom stereocenters. The Kier molecular flexibility index (Phi) is 7.21. The van der Waals surface area contributed by atoms with Crippen LogP contribution in [0.2, 0.25) is 0 Å². The first-order valence-electron chi connectivity index (χ1n) is 13.8. The van der Waals surface area contributed by atoms with E-state index in [9.17, 15) is 0 Å². The van der Waals surface area contributed by atoms with Crippen LogP contribution >= 0.6 is 0 Å². The van der Waals surface area contributed by atoms with Gasteiger partial charge >= 0.3 is 0 Å². The molecule has 5 nitrogen and oxygen atoms in total. The van der Waals surface area contributed by atoms with Gasteiger partial charge in [0.25, 0.3) is 0 Å². The van der Waals surface area contributed by atoms with Crippen LogP contribution in [-0.4, -0.2) is 54.7 Å². The van der Waals surface area contributed by atoms with Gasteiger partial charge in [-0.05, 0) is 97.9 Å². The molecule has 2 aliphatic heterocycles. The molecule has 1 N–H and O–H groups in total. The number of rotatable bonds is 6. The number of ether oxygens (including phenoxy) is 1. The molecule has 36 heavy (non-hydrogen) atoms. The van der Waals surface area contributed by atoms with Gasteiger partial charge in [0.2, 0.25) is 0 Å². The number of allylic oxidation sites excluding steroid dienone is 3. The molecule has 0 radical (unpaired) electrons. The lowest BCUT2D eigenvalue weighted by atomic mass is 9.84. The number of benzene rings is 1. The van der Waals surface area contributed by atoms with Crippen molar-refractivity contribution in [3.8, 4) is 0 Å². The summed E-state index contributed by atoms with van der Waals surface area (Å²) in [6.45, 7) is 15.3. The molecule has 1 aromatic heterocycles. The maximum Gasteiger partial charge on any atom is 0.143 e. The first-order chi connectivity index (χ1) is 17.4. The van der Waals surface area contributed by atoms with Crippen LogP contribution < -0.4 is 0 Å². The number of hydrogen-bond donors (Lipinski definition) is 1. The highest BCUT2D eigenvalue weighted by Crippen LogP contribution is 2.40. The van der Waals surface area contributed by atoms with Crippen molar-refractivity contribution in [1.82, 2.24) is 9.88 Å². The molecule has 0 bridgehead atoms. The summed E-state index contributed by atoms with van der Waals surface area (Å²) in [5.41, 5.74) is 9.02. The minimum absolute atomic E-state index is 0.109. The van der Waals surface area contributed by atoms with Crippen molar-refractivity contribution < 1.29 is 4.74 Å². The van der Waals surface area contributed by atoms with E-state index in [4.69, 9.17) is 4.74 Å². The quantitative estimate of drug-likeness (QED) is 0.478. The van der Waals surface area contributed by atoms with Crippen LogP contribution in [0.3, 0.4) is 0 Å². The van der Waals surface area contributed by atoms with Gasteiger partial charge in [0.15, 0.2) is 0 Å². The Bertz CT molecular complexity index is 1230. The first-order valence-corrected chi connectivity index (χ1v) is 13.8. The molecule has 1 atom stereocenters. The zero-order valence-corrected chi connectivity index (χ0v) is 22.9. The van der Waals surface area contributed by atoms with Crippen LogP contribution in [0.15, 0.2) is 40.0 Å². The fourth-order valence-electron chi connectivity index (χ4n) is 6.48. The molecule has 1 aliphatic carbocycles. The predicted molar refractivity (Wildman–Crippen MR) is 152 cm³/mol. The second-order valence-corrected chi connectivity index (χ2v) is 11.5. The number of nitrogens with one attached hydrogen (secondary N) is 1. The molecule has 5 heteroatoms. The molecule has 1 saturated heterocycles. The van der Waals surface area contributed by atoms with Crippen molar-refractivity contribution >= 4 is 28.5 Å². The van der Waals surface area contributed by atoms with Crippen LogP contribution in [0.4, 0.5) is 0 Å². The molecule has 192 valence electrons. The molecule has 3 heterocycles. The molecule has 1 aromatic carbocycles. The smallest absolute Gasteiger partial charge is 0.143 e. The van der Waals surface area contributed by atoms with Gasteiger partial charge in [0.05, 0.1) is 13.2 Å². The summed E-state index contributed by atoms with van der Waals surface area (Å²) < 4.78 is 5.81. The summed E-state index contributed by atoms with van der Waals surface area (Å²) in [4.78, 5) is 15.5.